The van der Waals surface area contributed by atoms with Crippen molar-refractivity contribution in [3.05, 3.63) is 35.7 Å². The second-order valence-corrected chi connectivity index (χ2v) is 8.81. The van der Waals surface area contributed by atoms with Gasteiger partial charge < -0.3 is 19.5 Å². The van der Waals surface area contributed by atoms with Crippen LogP contribution in [0.5, 0.6) is 0 Å². The number of nitrogens with zero attached hydrogens (tertiary/aromatic N) is 8. The van der Waals surface area contributed by atoms with E-state index in [4.69, 9.17) is 9.47 Å². The summed E-state index contributed by atoms with van der Waals surface area (Å²) < 4.78 is 12.3. The lowest BCUT2D eigenvalue weighted by molar-refractivity contribution is -0.149. The first kappa shape index (κ1) is 22.5. The number of rotatable bonds is 6. The molecule has 3 aliphatic heterocycles. The summed E-state index contributed by atoms with van der Waals surface area (Å²) in [6, 6.07) is 0. The van der Waals surface area contributed by atoms with Gasteiger partial charge in [-0.05, 0) is 36.7 Å². The number of tetrazole rings is 1. The van der Waals surface area contributed by atoms with Crippen molar-refractivity contribution in [1.29, 1.82) is 0 Å². The average molecular weight is 470 g/mol. The van der Waals surface area contributed by atoms with E-state index in [-0.39, 0.29) is 24.6 Å². The molecule has 3 unspecified atom stereocenters. The summed E-state index contributed by atoms with van der Waals surface area (Å²) in [5.74, 6) is 0.0607. The third-order valence-corrected chi connectivity index (χ3v) is 7.07. The molecule has 1 N–H and O–H groups in total. The van der Waals surface area contributed by atoms with Crippen LogP contribution in [0.2, 0.25) is 0 Å². The van der Waals surface area contributed by atoms with E-state index >= 15 is 0 Å². The van der Waals surface area contributed by atoms with Gasteiger partial charge in [-0.3, -0.25) is 14.7 Å². The molecule has 0 radical (unpaired) electrons. The van der Waals surface area contributed by atoms with Crippen molar-refractivity contribution in [1.82, 2.24) is 40.0 Å². The maximum absolute atomic E-state index is 13.5. The zero-order valence-electron chi connectivity index (χ0n) is 19.0. The van der Waals surface area contributed by atoms with Gasteiger partial charge in [-0.25, -0.2) is 9.78 Å². The number of piperidine rings is 1. The van der Waals surface area contributed by atoms with Crippen LogP contribution in [0.1, 0.15) is 31.6 Å². The Bertz CT molecular complexity index is 1100. The van der Waals surface area contributed by atoms with Crippen LogP contribution >= 0.6 is 0 Å². The summed E-state index contributed by atoms with van der Waals surface area (Å²) in [7, 11) is 1.61. The Morgan fingerprint density at radius 3 is 2.74 bits per heavy atom. The van der Waals surface area contributed by atoms with Gasteiger partial charge in [0.15, 0.2) is 5.82 Å². The molecule has 0 bridgehead atoms. The van der Waals surface area contributed by atoms with E-state index in [0.29, 0.717) is 61.8 Å². The number of esters is 1. The summed E-state index contributed by atoms with van der Waals surface area (Å²) in [6.45, 7) is 3.82. The molecule has 34 heavy (non-hydrogen) atoms. The molecule has 2 aromatic heterocycles. The van der Waals surface area contributed by atoms with Crippen LogP contribution in [0.4, 0.5) is 0 Å². The van der Waals surface area contributed by atoms with Gasteiger partial charge in [0.25, 0.3) is 0 Å². The van der Waals surface area contributed by atoms with E-state index in [2.05, 4.69) is 30.4 Å². The molecule has 180 valence electrons. The first-order valence-corrected chi connectivity index (χ1v) is 11.1. The average Bonchev–Trinajstić information content (AvgIpc) is 3.58. The molecule has 3 aliphatic rings. The standard InChI is InChI=1S/C21H26N8O5/c1-13-15(11-34-19(13)31)28-6-4-21(20(28)32)3-5-27(10-17(21)33-2)9-16(30)14-7-23-18(8-22-14)29-12-24-25-26-29/h7-8,12,16-17,30H,3-6,9-11H2,1-2H3. The van der Waals surface area contributed by atoms with Crippen molar-refractivity contribution >= 4 is 11.9 Å². The Kier molecular flexibility index (Phi) is 5.83. The lowest BCUT2D eigenvalue weighted by Crippen LogP contribution is -2.55. The topological polar surface area (TPSA) is 149 Å². The van der Waals surface area contributed by atoms with Crippen LogP contribution in [0, 0.1) is 5.41 Å². The number of ether oxygens (including phenoxy) is 2. The molecule has 1 spiro atoms. The fourth-order valence-electron chi connectivity index (χ4n) is 5.04. The smallest absolute Gasteiger partial charge is 0.336 e. The lowest BCUT2D eigenvalue weighted by atomic mass is 9.74. The molecule has 2 aromatic rings. The van der Waals surface area contributed by atoms with Gasteiger partial charge in [0.05, 0.1) is 40.9 Å². The number of likely N-dealkylation sites (tertiary alicyclic amines) is 2. The minimum atomic E-state index is -0.854. The van der Waals surface area contributed by atoms with Crippen LogP contribution in [-0.2, 0) is 19.1 Å². The van der Waals surface area contributed by atoms with Crippen molar-refractivity contribution in [3.63, 3.8) is 0 Å². The van der Waals surface area contributed by atoms with Crippen molar-refractivity contribution in [3.8, 4) is 5.82 Å². The maximum Gasteiger partial charge on any atom is 0.336 e. The van der Waals surface area contributed by atoms with E-state index in [9.17, 15) is 14.7 Å². The molecule has 0 saturated carbocycles. The van der Waals surface area contributed by atoms with Crippen LogP contribution in [0.25, 0.3) is 5.82 Å². The normalized spacial score (nSPS) is 26.6. The highest BCUT2D eigenvalue weighted by Crippen LogP contribution is 2.45. The zero-order chi connectivity index (χ0) is 23.9. The summed E-state index contributed by atoms with van der Waals surface area (Å²) in [4.78, 5) is 37.6. The molecule has 2 fully saturated rings. The molecule has 13 heteroatoms. The Balaban J connectivity index is 1.25. The van der Waals surface area contributed by atoms with Crippen LogP contribution in [0.3, 0.4) is 0 Å². The number of aromatic nitrogens is 6. The lowest BCUT2D eigenvalue weighted by Gasteiger charge is -2.44. The largest absolute Gasteiger partial charge is 0.456 e. The molecule has 0 aliphatic carbocycles. The van der Waals surface area contributed by atoms with Gasteiger partial charge in [0.1, 0.15) is 19.0 Å². The number of aliphatic hydroxyl groups excluding tert-OH is 1. The van der Waals surface area contributed by atoms with Gasteiger partial charge in [-0.1, -0.05) is 0 Å². The molecule has 2 saturated heterocycles. The molecule has 3 atom stereocenters. The predicted molar refractivity (Wildman–Crippen MR) is 114 cm³/mol. The molecule has 5 rings (SSSR count). The van der Waals surface area contributed by atoms with Gasteiger partial charge in [0.2, 0.25) is 5.91 Å². The summed E-state index contributed by atoms with van der Waals surface area (Å²) >= 11 is 0. The molecule has 0 aromatic carbocycles. The van der Waals surface area contributed by atoms with Crippen molar-refractivity contribution in [2.24, 2.45) is 5.41 Å². The third-order valence-electron chi connectivity index (χ3n) is 7.07. The highest BCUT2D eigenvalue weighted by molar-refractivity contribution is 5.94. The zero-order valence-corrected chi connectivity index (χ0v) is 19.0. The minimum Gasteiger partial charge on any atom is -0.456 e. The molecular formula is C21H26N8O5. The van der Waals surface area contributed by atoms with E-state index in [1.54, 1.807) is 18.9 Å². The number of cyclic esters (lactones) is 1. The summed E-state index contributed by atoms with van der Waals surface area (Å²) in [5, 5.41) is 21.6. The Labute approximate surface area is 195 Å². The highest BCUT2D eigenvalue weighted by Gasteiger charge is 2.55. The van der Waals surface area contributed by atoms with E-state index in [0.717, 1.165) is 0 Å². The number of aliphatic hydroxyl groups is 1. The van der Waals surface area contributed by atoms with Crippen molar-refractivity contribution in [2.75, 3.05) is 39.9 Å². The van der Waals surface area contributed by atoms with Gasteiger partial charge in [-0.15, -0.1) is 5.10 Å². The van der Waals surface area contributed by atoms with Gasteiger partial charge in [0, 0.05) is 26.7 Å². The fourth-order valence-corrected chi connectivity index (χ4v) is 5.04. The quantitative estimate of drug-likeness (QED) is 0.532. The number of carbonyl (C=O) groups excluding carboxylic acids is 2. The van der Waals surface area contributed by atoms with Gasteiger partial charge in [-0.2, -0.15) is 4.68 Å². The fraction of sp³-hybridized carbons (Fsp3) is 0.571. The Morgan fingerprint density at radius 2 is 2.09 bits per heavy atom. The SMILES string of the molecule is COC1CN(CC(O)c2cnc(-n3cnnn3)cn2)CCC12CCN(C1=C(C)C(=O)OC1)C2=O. The minimum absolute atomic E-state index is 0.0174. The van der Waals surface area contributed by atoms with E-state index in [1.807, 2.05) is 0 Å². The number of amides is 1. The van der Waals surface area contributed by atoms with Crippen molar-refractivity contribution < 1.29 is 24.2 Å². The van der Waals surface area contributed by atoms with E-state index in [1.165, 1.54) is 23.4 Å². The first-order chi connectivity index (χ1) is 16.4. The Morgan fingerprint density at radius 1 is 1.26 bits per heavy atom. The first-order valence-electron chi connectivity index (χ1n) is 11.1. The number of carbonyl (C=O) groups is 2. The van der Waals surface area contributed by atoms with Crippen LogP contribution in [0.15, 0.2) is 30.0 Å². The van der Waals surface area contributed by atoms with Crippen LogP contribution in [-0.4, -0.2) is 103 Å². The van der Waals surface area contributed by atoms with Crippen LogP contribution < -0.4 is 0 Å². The highest BCUT2D eigenvalue weighted by atomic mass is 16.5. The number of hydrogen-bond acceptors (Lipinski definition) is 11. The molecule has 5 heterocycles. The second-order valence-electron chi connectivity index (χ2n) is 8.81. The molecule has 13 nitrogen and oxygen atoms in total. The van der Waals surface area contributed by atoms with Crippen molar-refractivity contribution in [2.45, 2.75) is 32.0 Å². The number of methoxy groups -OCH3 is 1. The summed E-state index contributed by atoms with van der Waals surface area (Å²) in [5.41, 5.74) is 0.931. The number of β-amino-alcohol motifs (C(OH)–C–C–N with tert-alkyl or cyclic N) is 1. The Hall–Kier alpha value is -3.29. The second kappa shape index (κ2) is 8.81. The number of hydrogen-bond donors (Lipinski definition) is 1. The van der Waals surface area contributed by atoms with Gasteiger partial charge >= 0.3 is 5.97 Å². The third kappa shape index (κ3) is 3.75. The van der Waals surface area contributed by atoms with E-state index < -0.39 is 11.5 Å². The molecular weight excluding hydrogens is 444 g/mol. The monoisotopic (exact) mass is 470 g/mol. The predicted octanol–water partition coefficient (Wildman–Crippen LogP) is -0.744. The molecule has 1 amide bonds. The summed E-state index contributed by atoms with van der Waals surface area (Å²) in [6.07, 6.45) is 4.47. The maximum atomic E-state index is 13.5.